The van der Waals surface area contributed by atoms with Gasteiger partial charge in [0, 0.05) is 30.9 Å². The quantitative estimate of drug-likeness (QED) is 0.803. The predicted molar refractivity (Wildman–Crippen MR) is 101 cm³/mol. The van der Waals surface area contributed by atoms with E-state index in [9.17, 15) is 9.59 Å². The van der Waals surface area contributed by atoms with E-state index in [4.69, 9.17) is 0 Å². The summed E-state index contributed by atoms with van der Waals surface area (Å²) in [7, 11) is 0. The van der Waals surface area contributed by atoms with Gasteiger partial charge in [-0.2, -0.15) is 0 Å². The van der Waals surface area contributed by atoms with Crippen molar-refractivity contribution < 1.29 is 9.59 Å². The zero-order chi connectivity index (χ0) is 17.6. The third kappa shape index (κ3) is 3.90. The van der Waals surface area contributed by atoms with Crippen LogP contribution in [0.5, 0.6) is 0 Å². The summed E-state index contributed by atoms with van der Waals surface area (Å²) >= 11 is 0. The summed E-state index contributed by atoms with van der Waals surface area (Å²) in [6.07, 6.45) is 2.25. The second-order valence-corrected chi connectivity index (χ2v) is 6.42. The number of rotatable bonds is 6. The standard InChI is InChI=1S/C21H24N2O2/c1-2-3-14-22(18-10-6-4-7-11-18)21(25)17-15-20(24)23(16-17)19-12-8-5-9-13-19/h4-13,17H,2-3,14-16H2,1H3. The Labute approximate surface area is 149 Å². The topological polar surface area (TPSA) is 40.6 Å². The normalized spacial score (nSPS) is 16.9. The third-order valence-corrected chi connectivity index (χ3v) is 4.61. The number of para-hydroxylation sites is 2. The van der Waals surface area contributed by atoms with Crippen LogP contribution in [0.25, 0.3) is 0 Å². The van der Waals surface area contributed by atoms with Gasteiger partial charge in [-0.25, -0.2) is 0 Å². The number of anilines is 2. The molecule has 25 heavy (non-hydrogen) atoms. The first kappa shape index (κ1) is 17.2. The molecule has 1 unspecified atom stereocenters. The molecular weight excluding hydrogens is 312 g/mol. The lowest BCUT2D eigenvalue weighted by molar-refractivity contribution is -0.124. The van der Waals surface area contributed by atoms with E-state index in [-0.39, 0.29) is 24.2 Å². The Hall–Kier alpha value is -2.62. The van der Waals surface area contributed by atoms with Gasteiger partial charge in [-0.15, -0.1) is 0 Å². The second-order valence-electron chi connectivity index (χ2n) is 6.42. The molecule has 130 valence electrons. The third-order valence-electron chi connectivity index (χ3n) is 4.61. The molecule has 0 spiro atoms. The van der Waals surface area contributed by atoms with E-state index in [1.165, 1.54) is 0 Å². The highest BCUT2D eigenvalue weighted by molar-refractivity contribution is 6.04. The molecule has 2 amide bonds. The van der Waals surface area contributed by atoms with Crippen LogP contribution in [0.3, 0.4) is 0 Å². The average molecular weight is 336 g/mol. The van der Waals surface area contributed by atoms with Gasteiger partial charge in [0.1, 0.15) is 0 Å². The van der Waals surface area contributed by atoms with Gasteiger partial charge < -0.3 is 9.80 Å². The van der Waals surface area contributed by atoms with Crippen molar-refractivity contribution in [3.05, 3.63) is 60.7 Å². The monoisotopic (exact) mass is 336 g/mol. The van der Waals surface area contributed by atoms with Crippen molar-refractivity contribution in [3.63, 3.8) is 0 Å². The molecule has 0 radical (unpaired) electrons. The lowest BCUT2D eigenvalue weighted by atomic mass is 10.1. The molecule has 2 aromatic rings. The van der Waals surface area contributed by atoms with Crippen molar-refractivity contribution >= 4 is 23.2 Å². The van der Waals surface area contributed by atoms with Crippen LogP contribution in [-0.4, -0.2) is 24.9 Å². The smallest absolute Gasteiger partial charge is 0.232 e. The maximum atomic E-state index is 13.1. The van der Waals surface area contributed by atoms with Crippen LogP contribution in [0.2, 0.25) is 0 Å². The average Bonchev–Trinajstić information content (AvgIpc) is 3.05. The predicted octanol–water partition coefficient (Wildman–Crippen LogP) is 3.87. The largest absolute Gasteiger partial charge is 0.312 e. The minimum Gasteiger partial charge on any atom is -0.312 e. The Morgan fingerprint density at radius 2 is 1.72 bits per heavy atom. The molecule has 1 atom stereocenters. The number of hydrogen-bond acceptors (Lipinski definition) is 2. The van der Waals surface area contributed by atoms with E-state index < -0.39 is 0 Å². The Balaban J connectivity index is 1.77. The van der Waals surface area contributed by atoms with E-state index in [1.807, 2.05) is 65.6 Å². The van der Waals surface area contributed by atoms with Crippen LogP contribution in [0.15, 0.2) is 60.7 Å². The van der Waals surface area contributed by atoms with Crippen LogP contribution in [0.1, 0.15) is 26.2 Å². The number of carbonyl (C=O) groups excluding carboxylic acids is 2. The molecule has 4 heteroatoms. The summed E-state index contributed by atoms with van der Waals surface area (Å²) in [6.45, 7) is 3.26. The van der Waals surface area contributed by atoms with E-state index in [2.05, 4.69) is 6.92 Å². The van der Waals surface area contributed by atoms with Crippen molar-refractivity contribution in [1.82, 2.24) is 0 Å². The van der Waals surface area contributed by atoms with Crippen molar-refractivity contribution in [3.8, 4) is 0 Å². The minimum atomic E-state index is -0.287. The number of unbranched alkanes of at least 4 members (excludes halogenated alkanes) is 1. The molecule has 1 aliphatic rings. The molecule has 1 saturated heterocycles. The lowest BCUT2D eigenvalue weighted by Gasteiger charge is -2.25. The molecule has 0 bridgehead atoms. The summed E-state index contributed by atoms with van der Waals surface area (Å²) in [5.74, 6) is -0.218. The molecule has 0 N–H and O–H groups in total. The summed E-state index contributed by atoms with van der Waals surface area (Å²) < 4.78 is 0. The highest BCUT2D eigenvalue weighted by atomic mass is 16.2. The molecule has 0 saturated carbocycles. The molecule has 3 rings (SSSR count). The molecule has 0 aromatic heterocycles. The summed E-state index contributed by atoms with van der Waals surface area (Å²) in [5.41, 5.74) is 1.77. The SMILES string of the molecule is CCCCN(C(=O)C1CC(=O)N(c2ccccc2)C1)c1ccccc1. The number of hydrogen-bond donors (Lipinski definition) is 0. The van der Waals surface area contributed by atoms with Gasteiger partial charge in [-0.3, -0.25) is 9.59 Å². The highest BCUT2D eigenvalue weighted by Gasteiger charge is 2.37. The first-order valence-electron chi connectivity index (χ1n) is 8.92. The lowest BCUT2D eigenvalue weighted by Crippen LogP contribution is -2.38. The molecule has 1 fully saturated rings. The first-order chi connectivity index (χ1) is 12.2. The van der Waals surface area contributed by atoms with Gasteiger partial charge in [-0.05, 0) is 30.7 Å². The van der Waals surface area contributed by atoms with E-state index in [0.29, 0.717) is 13.1 Å². The molecule has 4 nitrogen and oxygen atoms in total. The maximum Gasteiger partial charge on any atom is 0.232 e. The minimum absolute atomic E-state index is 0.0213. The fourth-order valence-corrected chi connectivity index (χ4v) is 3.24. The molecule has 2 aromatic carbocycles. The molecular formula is C21H24N2O2. The van der Waals surface area contributed by atoms with Gasteiger partial charge in [-0.1, -0.05) is 49.7 Å². The van der Waals surface area contributed by atoms with Gasteiger partial charge >= 0.3 is 0 Å². The van der Waals surface area contributed by atoms with Gasteiger partial charge in [0.25, 0.3) is 0 Å². The van der Waals surface area contributed by atoms with E-state index in [1.54, 1.807) is 4.90 Å². The van der Waals surface area contributed by atoms with Crippen LogP contribution >= 0.6 is 0 Å². The Kier molecular flexibility index (Phi) is 5.49. The van der Waals surface area contributed by atoms with Crippen LogP contribution < -0.4 is 9.80 Å². The number of benzene rings is 2. The maximum absolute atomic E-state index is 13.1. The zero-order valence-corrected chi connectivity index (χ0v) is 14.6. The Morgan fingerprint density at radius 3 is 2.36 bits per heavy atom. The van der Waals surface area contributed by atoms with Crippen LogP contribution in [-0.2, 0) is 9.59 Å². The molecule has 0 aliphatic carbocycles. The second kappa shape index (κ2) is 7.97. The number of carbonyl (C=O) groups is 2. The Morgan fingerprint density at radius 1 is 1.08 bits per heavy atom. The van der Waals surface area contributed by atoms with Crippen molar-refractivity contribution in [2.24, 2.45) is 5.92 Å². The number of nitrogens with zero attached hydrogens (tertiary/aromatic N) is 2. The van der Waals surface area contributed by atoms with Crippen molar-refractivity contribution in [1.29, 1.82) is 0 Å². The summed E-state index contributed by atoms with van der Waals surface area (Å²) in [4.78, 5) is 29.1. The fourth-order valence-electron chi connectivity index (χ4n) is 3.24. The van der Waals surface area contributed by atoms with Gasteiger partial charge in [0.2, 0.25) is 11.8 Å². The van der Waals surface area contributed by atoms with Crippen LogP contribution in [0, 0.1) is 5.92 Å². The zero-order valence-electron chi connectivity index (χ0n) is 14.6. The molecule has 1 heterocycles. The van der Waals surface area contributed by atoms with E-state index in [0.717, 1.165) is 24.2 Å². The first-order valence-corrected chi connectivity index (χ1v) is 8.92. The van der Waals surface area contributed by atoms with Crippen LogP contribution in [0.4, 0.5) is 11.4 Å². The van der Waals surface area contributed by atoms with E-state index >= 15 is 0 Å². The fraction of sp³-hybridized carbons (Fsp3) is 0.333. The van der Waals surface area contributed by atoms with Crippen molar-refractivity contribution in [2.75, 3.05) is 22.9 Å². The summed E-state index contributed by atoms with van der Waals surface area (Å²) in [5, 5.41) is 0. The highest BCUT2D eigenvalue weighted by Crippen LogP contribution is 2.28. The van der Waals surface area contributed by atoms with Crippen molar-refractivity contribution in [2.45, 2.75) is 26.2 Å². The molecule has 1 aliphatic heterocycles. The Bertz CT molecular complexity index is 715. The summed E-state index contributed by atoms with van der Waals surface area (Å²) in [6, 6.07) is 19.3. The number of amides is 2. The van der Waals surface area contributed by atoms with Gasteiger partial charge in [0.15, 0.2) is 0 Å². The van der Waals surface area contributed by atoms with Gasteiger partial charge in [0.05, 0.1) is 5.92 Å².